The molecule has 2 rings (SSSR count). The molecule has 6 nitrogen and oxygen atoms in total. The molecule has 0 aromatic heterocycles. The van der Waals surface area contributed by atoms with E-state index in [-0.39, 0.29) is 18.7 Å². The summed E-state index contributed by atoms with van der Waals surface area (Å²) in [5.74, 6) is 3.82. The monoisotopic (exact) mass is 502 g/mol. The van der Waals surface area contributed by atoms with Crippen LogP contribution in [0.5, 0.6) is 17.2 Å². The van der Waals surface area contributed by atoms with Crippen molar-refractivity contribution in [1.82, 2.24) is 5.32 Å². The van der Waals surface area contributed by atoms with Gasteiger partial charge in [-0.3, -0.25) is 4.79 Å². The molecule has 0 aliphatic carbocycles. The Balaban J connectivity index is 2.12. The molecular weight excluding hydrogens is 483 g/mol. The van der Waals surface area contributed by atoms with E-state index in [1.165, 1.54) is 6.08 Å². The molecule has 0 atom stereocenters. The minimum Gasteiger partial charge on any atom is -0.497 e. The maximum Gasteiger partial charge on any atom is 0.262 e. The van der Waals surface area contributed by atoms with Crippen molar-refractivity contribution in [3.05, 3.63) is 56.7 Å². The average Bonchev–Trinajstić information content (AvgIpc) is 2.74. The zero-order valence-electron chi connectivity index (χ0n) is 16.0. The Kier molecular flexibility index (Phi) is 8.38. The minimum absolute atomic E-state index is 0.00873. The van der Waals surface area contributed by atoms with Gasteiger partial charge in [0.15, 0.2) is 0 Å². The third-order valence-corrected chi connectivity index (χ3v) is 4.72. The van der Waals surface area contributed by atoms with Crippen LogP contribution in [-0.2, 0) is 11.3 Å². The van der Waals surface area contributed by atoms with Crippen LogP contribution in [0.15, 0.2) is 42.0 Å². The highest BCUT2D eigenvalue weighted by molar-refractivity contribution is 14.1. The van der Waals surface area contributed by atoms with E-state index < -0.39 is 5.91 Å². The second kappa shape index (κ2) is 11.0. The van der Waals surface area contributed by atoms with E-state index in [9.17, 15) is 10.1 Å². The van der Waals surface area contributed by atoms with E-state index in [4.69, 9.17) is 20.6 Å². The fourth-order valence-corrected chi connectivity index (χ4v) is 3.12. The first kappa shape index (κ1) is 22.1. The van der Waals surface area contributed by atoms with E-state index in [0.717, 1.165) is 9.13 Å². The standard InChI is InChI=1S/C22H19IN2O4/c1-4-9-29-20-8-5-15(11-19(20)23)10-17(13-24)22(26)25-14-16-6-7-18(27-2)12-21(16)28-3/h1,5-8,10-12H,9,14H2,2-3H3,(H,25,26)/b17-10+. The van der Waals surface area contributed by atoms with Crippen LogP contribution in [0.4, 0.5) is 0 Å². The third-order valence-electron chi connectivity index (χ3n) is 3.88. The zero-order valence-corrected chi connectivity index (χ0v) is 18.1. The number of nitrogens with zero attached hydrogens (tertiary/aromatic N) is 1. The zero-order chi connectivity index (χ0) is 21.2. The summed E-state index contributed by atoms with van der Waals surface area (Å²) in [6, 6.07) is 12.6. The van der Waals surface area contributed by atoms with Gasteiger partial charge in [0.05, 0.1) is 17.8 Å². The number of ether oxygens (including phenoxy) is 3. The van der Waals surface area contributed by atoms with Gasteiger partial charge in [0.25, 0.3) is 5.91 Å². The quantitative estimate of drug-likeness (QED) is 0.259. The number of carbonyl (C=O) groups excluding carboxylic acids is 1. The van der Waals surface area contributed by atoms with Crippen LogP contribution >= 0.6 is 22.6 Å². The Hall–Kier alpha value is -3.17. The van der Waals surface area contributed by atoms with Gasteiger partial charge in [0.2, 0.25) is 0 Å². The van der Waals surface area contributed by atoms with Crippen LogP contribution in [0.1, 0.15) is 11.1 Å². The number of halogens is 1. The molecule has 1 amide bonds. The highest BCUT2D eigenvalue weighted by atomic mass is 127. The smallest absolute Gasteiger partial charge is 0.262 e. The molecule has 0 aliphatic heterocycles. The van der Waals surface area contributed by atoms with Crippen molar-refractivity contribution in [2.45, 2.75) is 6.54 Å². The van der Waals surface area contributed by atoms with Gasteiger partial charge >= 0.3 is 0 Å². The van der Waals surface area contributed by atoms with Crippen molar-refractivity contribution in [3.8, 4) is 35.7 Å². The fraction of sp³-hybridized carbons (Fsp3) is 0.182. The van der Waals surface area contributed by atoms with Crippen LogP contribution in [0.25, 0.3) is 6.08 Å². The lowest BCUT2D eigenvalue weighted by atomic mass is 10.1. The Morgan fingerprint density at radius 3 is 2.62 bits per heavy atom. The van der Waals surface area contributed by atoms with E-state index >= 15 is 0 Å². The lowest BCUT2D eigenvalue weighted by Gasteiger charge is -2.11. The van der Waals surface area contributed by atoms with Gasteiger partial charge in [0.1, 0.15) is 35.5 Å². The van der Waals surface area contributed by atoms with Gasteiger partial charge in [-0.05, 0) is 58.5 Å². The maximum atomic E-state index is 12.5. The SMILES string of the molecule is C#CCOc1ccc(/C=C(\C#N)C(=O)NCc2ccc(OC)cc2OC)cc1I. The molecule has 7 heteroatoms. The molecule has 0 unspecified atom stereocenters. The molecule has 0 aliphatic rings. The number of carbonyl (C=O) groups is 1. The van der Waals surface area contributed by atoms with Crippen molar-refractivity contribution in [2.24, 2.45) is 0 Å². The summed E-state index contributed by atoms with van der Waals surface area (Å²) in [6.45, 7) is 0.382. The Bertz CT molecular complexity index is 1000. The average molecular weight is 502 g/mol. The summed E-state index contributed by atoms with van der Waals surface area (Å²) in [6.07, 6.45) is 6.72. The van der Waals surface area contributed by atoms with Crippen molar-refractivity contribution < 1.29 is 19.0 Å². The van der Waals surface area contributed by atoms with Crippen LogP contribution in [-0.4, -0.2) is 26.7 Å². The van der Waals surface area contributed by atoms with Gasteiger partial charge in [0, 0.05) is 18.2 Å². The van der Waals surface area contributed by atoms with Gasteiger partial charge in [-0.2, -0.15) is 5.26 Å². The second-order valence-electron chi connectivity index (χ2n) is 5.71. The number of nitriles is 1. The maximum absolute atomic E-state index is 12.5. The van der Waals surface area contributed by atoms with Gasteiger partial charge < -0.3 is 19.5 Å². The number of nitrogens with one attached hydrogen (secondary N) is 1. The van der Waals surface area contributed by atoms with Crippen LogP contribution < -0.4 is 19.5 Å². The molecule has 0 bridgehead atoms. The highest BCUT2D eigenvalue weighted by Crippen LogP contribution is 2.25. The molecule has 29 heavy (non-hydrogen) atoms. The van der Waals surface area contributed by atoms with Crippen LogP contribution in [0.2, 0.25) is 0 Å². The molecule has 0 heterocycles. The third kappa shape index (κ3) is 6.16. The molecule has 0 fully saturated rings. The normalized spacial score (nSPS) is 10.4. The number of methoxy groups -OCH3 is 2. The molecular formula is C22H19IN2O4. The number of benzene rings is 2. The first-order chi connectivity index (χ1) is 14.0. The molecule has 0 saturated carbocycles. The van der Waals surface area contributed by atoms with Crippen molar-refractivity contribution in [3.63, 3.8) is 0 Å². The first-order valence-electron chi connectivity index (χ1n) is 8.49. The van der Waals surface area contributed by atoms with E-state index in [1.54, 1.807) is 44.6 Å². The minimum atomic E-state index is -0.479. The Morgan fingerprint density at radius 2 is 2.00 bits per heavy atom. The van der Waals surface area contributed by atoms with E-state index in [2.05, 4.69) is 33.8 Å². The Labute approximate surface area is 183 Å². The number of amides is 1. The van der Waals surface area contributed by atoms with Crippen LogP contribution in [0.3, 0.4) is 0 Å². The van der Waals surface area contributed by atoms with Crippen molar-refractivity contribution >= 4 is 34.6 Å². The molecule has 0 radical (unpaired) electrons. The van der Waals surface area contributed by atoms with E-state index in [0.29, 0.717) is 22.8 Å². The predicted molar refractivity (Wildman–Crippen MR) is 118 cm³/mol. The number of rotatable bonds is 8. The summed E-state index contributed by atoms with van der Waals surface area (Å²) in [7, 11) is 3.11. The second-order valence-corrected chi connectivity index (χ2v) is 6.88. The number of hydrogen-bond donors (Lipinski definition) is 1. The topological polar surface area (TPSA) is 80.6 Å². The van der Waals surface area contributed by atoms with Crippen molar-refractivity contribution in [2.75, 3.05) is 20.8 Å². The molecule has 2 aromatic carbocycles. The lowest BCUT2D eigenvalue weighted by molar-refractivity contribution is -0.117. The molecule has 0 saturated heterocycles. The lowest BCUT2D eigenvalue weighted by Crippen LogP contribution is -2.24. The summed E-state index contributed by atoms with van der Waals surface area (Å²) in [4.78, 5) is 12.5. The van der Waals surface area contributed by atoms with Crippen LogP contribution in [0, 0.1) is 27.2 Å². The molecule has 148 valence electrons. The first-order valence-corrected chi connectivity index (χ1v) is 9.57. The van der Waals surface area contributed by atoms with Crippen molar-refractivity contribution in [1.29, 1.82) is 5.26 Å². The molecule has 2 aromatic rings. The highest BCUT2D eigenvalue weighted by Gasteiger charge is 2.12. The van der Waals surface area contributed by atoms with Gasteiger partial charge in [-0.1, -0.05) is 12.0 Å². The Morgan fingerprint density at radius 1 is 1.21 bits per heavy atom. The van der Waals surface area contributed by atoms with Gasteiger partial charge in [-0.25, -0.2) is 0 Å². The fourth-order valence-electron chi connectivity index (χ4n) is 2.43. The predicted octanol–water partition coefficient (Wildman–Crippen LogP) is 3.54. The summed E-state index contributed by atoms with van der Waals surface area (Å²) in [5, 5.41) is 12.1. The summed E-state index contributed by atoms with van der Waals surface area (Å²) < 4.78 is 16.7. The molecule has 1 N–H and O–H groups in total. The largest absolute Gasteiger partial charge is 0.497 e. The number of hydrogen-bond acceptors (Lipinski definition) is 5. The number of terminal acetylenes is 1. The molecule has 0 spiro atoms. The summed E-state index contributed by atoms with van der Waals surface area (Å²) in [5.41, 5.74) is 1.46. The van der Waals surface area contributed by atoms with Gasteiger partial charge in [-0.15, -0.1) is 6.42 Å². The van der Waals surface area contributed by atoms with E-state index in [1.807, 2.05) is 12.1 Å². The summed E-state index contributed by atoms with van der Waals surface area (Å²) >= 11 is 2.11.